The van der Waals surface area contributed by atoms with Gasteiger partial charge in [0.15, 0.2) is 0 Å². The molecule has 6 nitrogen and oxygen atoms in total. The van der Waals surface area contributed by atoms with Crippen LogP contribution in [0.2, 0.25) is 0 Å². The van der Waals surface area contributed by atoms with E-state index in [1.165, 1.54) is 12.1 Å². The summed E-state index contributed by atoms with van der Waals surface area (Å²) in [6, 6.07) is 4.02. The lowest BCUT2D eigenvalue weighted by atomic mass is 9.97. The molecule has 3 aliphatic rings. The monoisotopic (exact) mass is 501 g/mol. The molecule has 34 heavy (non-hydrogen) atoms. The summed E-state index contributed by atoms with van der Waals surface area (Å²) in [5, 5.41) is -0.510. The van der Waals surface area contributed by atoms with E-state index in [0.717, 1.165) is 16.8 Å². The number of hydrogen-bond acceptors (Lipinski definition) is 5. The van der Waals surface area contributed by atoms with Crippen LogP contribution in [0.3, 0.4) is 0 Å². The van der Waals surface area contributed by atoms with Gasteiger partial charge in [0.2, 0.25) is 10.0 Å². The van der Waals surface area contributed by atoms with Gasteiger partial charge in [-0.05, 0) is 61.5 Å². The highest BCUT2D eigenvalue weighted by molar-refractivity contribution is 7.90. The van der Waals surface area contributed by atoms with Gasteiger partial charge in [-0.2, -0.15) is 13.2 Å². The van der Waals surface area contributed by atoms with Crippen LogP contribution in [0, 0.1) is 17.8 Å². The Morgan fingerprint density at radius 3 is 2.50 bits per heavy atom. The number of nitrogens with two attached hydrogens (primary N) is 1. The van der Waals surface area contributed by atoms with Gasteiger partial charge in [-0.3, -0.25) is 9.69 Å². The number of benzene rings is 1. The van der Waals surface area contributed by atoms with E-state index < -0.39 is 45.0 Å². The van der Waals surface area contributed by atoms with Crippen LogP contribution in [-0.4, -0.2) is 54.0 Å². The molecule has 4 atom stereocenters. The third-order valence-corrected chi connectivity index (χ3v) is 9.65. The maximum atomic E-state index is 13.3. The Bertz CT molecular complexity index is 1010. The molecule has 1 aromatic carbocycles. The van der Waals surface area contributed by atoms with Crippen LogP contribution in [0.15, 0.2) is 24.3 Å². The predicted octanol–water partition coefficient (Wildman–Crippen LogP) is 3.61. The number of alkyl halides is 3. The zero-order valence-corrected chi connectivity index (χ0v) is 20.5. The van der Waals surface area contributed by atoms with Crippen molar-refractivity contribution < 1.29 is 26.4 Å². The van der Waals surface area contributed by atoms with Crippen LogP contribution in [-0.2, 0) is 27.5 Å². The van der Waals surface area contributed by atoms with Gasteiger partial charge in [-0.15, -0.1) is 0 Å². The fourth-order valence-corrected chi connectivity index (χ4v) is 7.71. The lowest BCUT2D eigenvalue weighted by Crippen LogP contribution is -2.54. The van der Waals surface area contributed by atoms with Gasteiger partial charge in [0.1, 0.15) is 0 Å². The normalized spacial score (nSPS) is 26.6. The van der Waals surface area contributed by atoms with E-state index >= 15 is 0 Å². The van der Waals surface area contributed by atoms with Crippen molar-refractivity contribution >= 4 is 15.9 Å². The van der Waals surface area contributed by atoms with Gasteiger partial charge >= 0.3 is 6.18 Å². The van der Waals surface area contributed by atoms with Gasteiger partial charge < -0.3 is 5.73 Å². The SMILES string of the molecule is CC(C)C[C@H](N)C(=O)N([C@@H]1CC[C@H]2CN(Cc3cccc(C(F)(F)F)c3)C[C@H]21)S(=O)(=O)C1CC1. The Labute approximate surface area is 199 Å². The van der Waals surface area contributed by atoms with Gasteiger partial charge in [0.25, 0.3) is 5.91 Å². The van der Waals surface area contributed by atoms with E-state index in [9.17, 15) is 26.4 Å². The molecule has 0 aromatic heterocycles. The summed E-state index contributed by atoms with van der Waals surface area (Å²) in [7, 11) is -3.77. The number of carbonyl (C=O) groups is 1. The molecule has 0 bridgehead atoms. The minimum atomic E-state index is -4.39. The number of amides is 1. The van der Waals surface area contributed by atoms with Crippen LogP contribution in [0.25, 0.3) is 0 Å². The fraction of sp³-hybridized carbons (Fsp3) is 0.708. The molecule has 190 valence electrons. The Morgan fingerprint density at radius 1 is 1.18 bits per heavy atom. The first-order valence-corrected chi connectivity index (χ1v) is 13.6. The number of sulfonamides is 1. The Hall–Kier alpha value is -1.65. The highest BCUT2D eigenvalue weighted by atomic mass is 32.2. The van der Waals surface area contributed by atoms with Crippen LogP contribution in [0.4, 0.5) is 13.2 Å². The lowest BCUT2D eigenvalue weighted by Gasteiger charge is -2.34. The Balaban J connectivity index is 1.52. The number of halogens is 3. The number of nitrogens with zero attached hydrogens (tertiary/aromatic N) is 2. The summed E-state index contributed by atoms with van der Waals surface area (Å²) >= 11 is 0. The van der Waals surface area contributed by atoms with Crippen molar-refractivity contribution in [3.8, 4) is 0 Å². The summed E-state index contributed by atoms with van der Waals surface area (Å²) in [4.78, 5) is 15.4. The predicted molar refractivity (Wildman–Crippen MR) is 123 cm³/mol. The second-order valence-corrected chi connectivity index (χ2v) is 12.7. The molecule has 2 saturated carbocycles. The van der Waals surface area contributed by atoms with E-state index in [-0.39, 0.29) is 17.8 Å². The molecule has 2 aliphatic carbocycles. The average molecular weight is 502 g/mol. The molecule has 0 spiro atoms. The second kappa shape index (κ2) is 9.43. The van der Waals surface area contributed by atoms with E-state index in [4.69, 9.17) is 5.73 Å². The summed E-state index contributed by atoms with van der Waals surface area (Å²) in [5.41, 5.74) is 6.06. The zero-order valence-electron chi connectivity index (χ0n) is 19.7. The van der Waals surface area contributed by atoms with Crippen LogP contribution >= 0.6 is 0 Å². The molecule has 1 amide bonds. The largest absolute Gasteiger partial charge is 0.416 e. The molecule has 1 aliphatic heterocycles. The molecule has 1 aromatic rings. The number of likely N-dealkylation sites (tertiary alicyclic amines) is 1. The van der Waals surface area contributed by atoms with Crippen molar-refractivity contribution in [3.63, 3.8) is 0 Å². The first-order valence-electron chi connectivity index (χ1n) is 12.1. The average Bonchev–Trinajstić information content (AvgIpc) is 3.44. The molecular formula is C24H34F3N3O3S. The van der Waals surface area contributed by atoms with Crippen LogP contribution < -0.4 is 5.73 Å². The number of rotatable bonds is 8. The van der Waals surface area contributed by atoms with Crippen molar-refractivity contribution in [2.45, 2.75) is 76.0 Å². The summed E-state index contributed by atoms with van der Waals surface area (Å²) in [6.07, 6.45) is -1.45. The zero-order chi connectivity index (χ0) is 24.8. The van der Waals surface area contributed by atoms with Crippen molar-refractivity contribution in [1.82, 2.24) is 9.21 Å². The van der Waals surface area contributed by atoms with Gasteiger partial charge in [0.05, 0.1) is 22.9 Å². The van der Waals surface area contributed by atoms with Crippen LogP contribution in [0.5, 0.6) is 0 Å². The third kappa shape index (κ3) is 5.28. The smallest absolute Gasteiger partial charge is 0.320 e. The topological polar surface area (TPSA) is 83.7 Å². The minimum Gasteiger partial charge on any atom is -0.320 e. The van der Waals surface area contributed by atoms with E-state index in [0.29, 0.717) is 50.9 Å². The first kappa shape index (κ1) is 25.4. The molecule has 3 fully saturated rings. The second-order valence-electron chi connectivity index (χ2n) is 10.6. The maximum Gasteiger partial charge on any atom is 0.416 e. The molecule has 10 heteroatoms. The molecule has 1 saturated heterocycles. The molecular weight excluding hydrogens is 467 g/mol. The summed E-state index contributed by atoms with van der Waals surface area (Å²) in [5.74, 6) is -0.172. The molecule has 1 heterocycles. The van der Waals surface area contributed by atoms with Crippen LogP contribution in [0.1, 0.15) is 57.1 Å². The minimum absolute atomic E-state index is 0.0328. The Kier molecular flexibility index (Phi) is 7.05. The van der Waals surface area contributed by atoms with E-state index in [1.54, 1.807) is 6.07 Å². The highest BCUT2D eigenvalue weighted by Gasteiger charge is 2.53. The summed E-state index contributed by atoms with van der Waals surface area (Å²) in [6.45, 7) is 5.48. The number of hydrogen-bond donors (Lipinski definition) is 1. The third-order valence-electron chi connectivity index (χ3n) is 7.34. The maximum absolute atomic E-state index is 13.3. The quantitative estimate of drug-likeness (QED) is 0.589. The van der Waals surface area contributed by atoms with Crippen molar-refractivity contribution in [2.24, 2.45) is 23.5 Å². The lowest BCUT2D eigenvalue weighted by molar-refractivity contribution is -0.137. The fourth-order valence-electron chi connectivity index (χ4n) is 5.63. The molecule has 2 N–H and O–H groups in total. The van der Waals surface area contributed by atoms with Crippen molar-refractivity contribution in [1.29, 1.82) is 0 Å². The first-order chi connectivity index (χ1) is 15.9. The van der Waals surface area contributed by atoms with E-state index in [1.807, 2.05) is 13.8 Å². The van der Waals surface area contributed by atoms with Crippen molar-refractivity contribution in [3.05, 3.63) is 35.4 Å². The number of carbonyl (C=O) groups excluding carboxylic acids is 1. The van der Waals surface area contributed by atoms with Gasteiger partial charge in [0, 0.05) is 19.6 Å². The molecule has 0 unspecified atom stereocenters. The van der Waals surface area contributed by atoms with Crippen molar-refractivity contribution in [2.75, 3.05) is 13.1 Å². The highest BCUT2D eigenvalue weighted by Crippen LogP contribution is 2.44. The number of fused-ring (bicyclic) bond motifs is 1. The molecule has 0 radical (unpaired) electrons. The van der Waals surface area contributed by atoms with Gasteiger partial charge in [-0.25, -0.2) is 12.7 Å². The standard InChI is InChI=1S/C24H34F3N3O3S/c1-15(2)10-21(28)23(31)30(34(32,33)19-7-8-19)22-9-6-17-13-29(14-20(17)22)12-16-4-3-5-18(11-16)24(25,26)27/h3-5,11,15,17,19-22H,6-10,12-14,28H2,1-2H3/t17-,20+,21-,22+/m0/s1. The van der Waals surface area contributed by atoms with E-state index in [2.05, 4.69) is 4.90 Å². The van der Waals surface area contributed by atoms with Gasteiger partial charge in [-0.1, -0.05) is 32.0 Å². The Morgan fingerprint density at radius 2 is 1.88 bits per heavy atom. The molecule has 4 rings (SSSR count). The summed E-state index contributed by atoms with van der Waals surface area (Å²) < 4.78 is 67.1.